The second kappa shape index (κ2) is 5.62. The van der Waals surface area contributed by atoms with Gasteiger partial charge in [0.1, 0.15) is 16.4 Å². The van der Waals surface area contributed by atoms with E-state index in [9.17, 15) is 0 Å². The number of methoxy groups -OCH3 is 1. The predicted octanol–water partition coefficient (Wildman–Crippen LogP) is 1.89. The Morgan fingerprint density at radius 3 is 2.74 bits per heavy atom. The van der Waals surface area contributed by atoms with Crippen LogP contribution in [-0.2, 0) is 0 Å². The molecule has 0 aliphatic heterocycles. The van der Waals surface area contributed by atoms with Crippen molar-refractivity contribution in [3.8, 4) is 5.75 Å². The Balaban J connectivity index is 2.43. The topological polar surface area (TPSA) is 64.3 Å². The SMILES string of the molecule is COc1cccc(N(C)c2nccnc2C(N)=S)c1. The highest BCUT2D eigenvalue weighted by atomic mass is 32.1. The molecule has 0 fully saturated rings. The van der Waals surface area contributed by atoms with Crippen molar-refractivity contribution in [1.29, 1.82) is 0 Å². The van der Waals surface area contributed by atoms with Gasteiger partial charge in [-0.2, -0.15) is 0 Å². The molecule has 0 radical (unpaired) electrons. The zero-order valence-electron chi connectivity index (χ0n) is 10.7. The van der Waals surface area contributed by atoms with Crippen molar-refractivity contribution in [2.75, 3.05) is 19.1 Å². The van der Waals surface area contributed by atoms with E-state index in [1.807, 2.05) is 36.2 Å². The van der Waals surface area contributed by atoms with Gasteiger partial charge in [-0.1, -0.05) is 18.3 Å². The van der Waals surface area contributed by atoms with Crippen molar-refractivity contribution in [2.45, 2.75) is 0 Å². The Kier molecular flexibility index (Phi) is 3.91. The summed E-state index contributed by atoms with van der Waals surface area (Å²) in [6.07, 6.45) is 3.17. The summed E-state index contributed by atoms with van der Waals surface area (Å²) in [7, 11) is 3.50. The lowest BCUT2D eigenvalue weighted by atomic mass is 10.2. The lowest BCUT2D eigenvalue weighted by Gasteiger charge is -2.20. The summed E-state index contributed by atoms with van der Waals surface area (Å²) in [5.41, 5.74) is 7.08. The highest BCUT2D eigenvalue weighted by Gasteiger charge is 2.14. The molecule has 2 N–H and O–H groups in total. The van der Waals surface area contributed by atoms with Gasteiger partial charge in [0.05, 0.1) is 7.11 Å². The average molecular weight is 274 g/mol. The second-order valence-electron chi connectivity index (χ2n) is 3.85. The molecule has 5 nitrogen and oxygen atoms in total. The molecule has 2 aromatic rings. The number of anilines is 2. The zero-order chi connectivity index (χ0) is 13.8. The molecule has 0 aliphatic rings. The van der Waals surface area contributed by atoms with Crippen LogP contribution in [0.1, 0.15) is 5.69 Å². The number of hydrogen-bond donors (Lipinski definition) is 1. The zero-order valence-corrected chi connectivity index (χ0v) is 11.5. The number of benzene rings is 1. The van der Waals surface area contributed by atoms with E-state index >= 15 is 0 Å². The Morgan fingerprint density at radius 2 is 2.05 bits per heavy atom. The maximum atomic E-state index is 5.66. The van der Waals surface area contributed by atoms with Gasteiger partial charge in [0.25, 0.3) is 0 Å². The van der Waals surface area contributed by atoms with Crippen LogP contribution in [0.15, 0.2) is 36.7 Å². The standard InChI is InChI=1S/C13H14N4OS/c1-17(9-4-3-5-10(8-9)18-2)13-11(12(14)19)15-6-7-16-13/h3-8H,1-2H3,(H2,14,19). The van der Waals surface area contributed by atoms with Gasteiger partial charge in [-0.3, -0.25) is 0 Å². The van der Waals surface area contributed by atoms with Crippen LogP contribution in [0.4, 0.5) is 11.5 Å². The Hall–Kier alpha value is -2.21. The molecule has 1 aromatic heterocycles. The summed E-state index contributed by atoms with van der Waals surface area (Å²) in [6, 6.07) is 7.63. The molecule has 0 atom stereocenters. The molecule has 0 saturated heterocycles. The minimum absolute atomic E-state index is 0.220. The Morgan fingerprint density at radius 1 is 1.32 bits per heavy atom. The fourth-order valence-corrected chi connectivity index (χ4v) is 1.84. The summed E-state index contributed by atoms with van der Waals surface area (Å²) in [5, 5.41) is 0. The molecule has 0 saturated carbocycles. The first-order chi connectivity index (χ1) is 9.13. The Labute approximate surface area is 117 Å². The van der Waals surface area contributed by atoms with Crippen LogP contribution in [-0.4, -0.2) is 29.1 Å². The minimum atomic E-state index is 0.220. The number of ether oxygens (including phenoxy) is 1. The van der Waals surface area contributed by atoms with E-state index in [0.29, 0.717) is 11.5 Å². The van der Waals surface area contributed by atoms with Crippen LogP contribution in [0.5, 0.6) is 5.75 Å². The number of hydrogen-bond acceptors (Lipinski definition) is 5. The fourth-order valence-electron chi connectivity index (χ4n) is 1.69. The van der Waals surface area contributed by atoms with E-state index in [4.69, 9.17) is 22.7 Å². The summed E-state index contributed by atoms with van der Waals surface area (Å²) in [4.78, 5) is 10.5. The van der Waals surface area contributed by atoms with E-state index in [-0.39, 0.29) is 4.99 Å². The maximum absolute atomic E-state index is 5.66. The lowest BCUT2D eigenvalue weighted by molar-refractivity contribution is 0.415. The highest BCUT2D eigenvalue weighted by molar-refractivity contribution is 7.80. The van der Waals surface area contributed by atoms with Gasteiger partial charge in [-0.05, 0) is 12.1 Å². The van der Waals surface area contributed by atoms with Crippen molar-refractivity contribution >= 4 is 28.7 Å². The number of nitrogens with two attached hydrogens (primary N) is 1. The molecule has 98 valence electrons. The number of thiocarbonyl (C=S) groups is 1. The minimum Gasteiger partial charge on any atom is -0.497 e. The molecule has 0 bridgehead atoms. The second-order valence-corrected chi connectivity index (χ2v) is 4.29. The van der Waals surface area contributed by atoms with Crippen molar-refractivity contribution < 1.29 is 4.74 Å². The normalized spacial score (nSPS) is 10.0. The maximum Gasteiger partial charge on any atom is 0.161 e. The molecule has 2 rings (SSSR count). The van der Waals surface area contributed by atoms with Crippen LogP contribution in [0.3, 0.4) is 0 Å². The quantitative estimate of drug-likeness (QED) is 0.859. The van der Waals surface area contributed by atoms with Crippen molar-refractivity contribution in [1.82, 2.24) is 9.97 Å². The largest absolute Gasteiger partial charge is 0.497 e. The molecule has 19 heavy (non-hydrogen) atoms. The van der Waals surface area contributed by atoms with Gasteiger partial charge in [-0.25, -0.2) is 9.97 Å². The van der Waals surface area contributed by atoms with E-state index in [1.54, 1.807) is 19.5 Å². The molecule has 6 heteroatoms. The summed E-state index contributed by atoms with van der Waals surface area (Å²) in [6.45, 7) is 0. The third-order valence-corrected chi connectivity index (χ3v) is 2.86. The van der Waals surface area contributed by atoms with Gasteiger partial charge < -0.3 is 15.4 Å². The molecule has 1 aromatic carbocycles. The van der Waals surface area contributed by atoms with E-state index < -0.39 is 0 Å². The molecule has 0 spiro atoms. The van der Waals surface area contributed by atoms with Gasteiger partial charge in [0, 0.05) is 31.2 Å². The van der Waals surface area contributed by atoms with E-state index in [0.717, 1.165) is 11.4 Å². The first kappa shape index (κ1) is 13.2. The monoisotopic (exact) mass is 274 g/mol. The summed E-state index contributed by atoms with van der Waals surface area (Å²) in [5.74, 6) is 1.38. The summed E-state index contributed by atoms with van der Waals surface area (Å²) < 4.78 is 5.21. The van der Waals surface area contributed by atoms with Gasteiger partial charge in [0.15, 0.2) is 5.82 Å². The fraction of sp³-hybridized carbons (Fsp3) is 0.154. The number of rotatable bonds is 4. The predicted molar refractivity (Wildman–Crippen MR) is 79.0 cm³/mol. The molecule has 0 amide bonds. The lowest BCUT2D eigenvalue weighted by Crippen LogP contribution is -2.20. The van der Waals surface area contributed by atoms with Gasteiger partial charge >= 0.3 is 0 Å². The van der Waals surface area contributed by atoms with Crippen molar-refractivity contribution in [3.05, 3.63) is 42.4 Å². The third kappa shape index (κ3) is 2.79. The van der Waals surface area contributed by atoms with E-state index in [1.165, 1.54) is 0 Å². The average Bonchev–Trinajstić information content (AvgIpc) is 2.46. The first-order valence-electron chi connectivity index (χ1n) is 5.62. The number of aromatic nitrogens is 2. The first-order valence-corrected chi connectivity index (χ1v) is 6.03. The van der Waals surface area contributed by atoms with Crippen LogP contribution in [0, 0.1) is 0 Å². The third-order valence-electron chi connectivity index (χ3n) is 2.67. The highest BCUT2D eigenvalue weighted by Crippen LogP contribution is 2.26. The molecular weight excluding hydrogens is 260 g/mol. The number of nitrogens with zero attached hydrogens (tertiary/aromatic N) is 3. The smallest absolute Gasteiger partial charge is 0.161 e. The molecule has 1 heterocycles. The molecule has 0 aliphatic carbocycles. The van der Waals surface area contributed by atoms with E-state index in [2.05, 4.69) is 9.97 Å². The van der Waals surface area contributed by atoms with Crippen molar-refractivity contribution in [3.63, 3.8) is 0 Å². The van der Waals surface area contributed by atoms with Gasteiger partial charge in [-0.15, -0.1) is 0 Å². The molecular formula is C13H14N4OS. The van der Waals surface area contributed by atoms with Crippen molar-refractivity contribution in [2.24, 2.45) is 5.73 Å². The van der Waals surface area contributed by atoms with Crippen LogP contribution in [0.2, 0.25) is 0 Å². The van der Waals surface area contributed by atoms with Gasteiger partial charge in [0.2, 0.25) is 0 Å². The molecule has 0 unspecified atom stereocenters. The Bertz CT molecular complexity index is 603. The van der Waals surface area contributed by atoms with Crippen LogP contribution >= 0.6 is 12.2 Å². The summed E-state index contributed by atoms with van der Waals surface area (Å²) >= 11 is 4.99. The van der Waals surface area contributed by atoms with Crippen LogP contribution in [0.25, 0.3) is 0 Å². The van der Waals surface area contributed by atoms with Crippen LogP contribution < -0.4 is 15.4 Å².